The minimum atomic E-state index is -0.298. The van der Waals surface area contributed by atoms with E-state index in [1.807, 2.05) is 24.3 Å². The number of esters is 1. The van der Waals surface area contributed by atoms with Crippen molar-refractivity contribution in [2.24, 2.45) is 0 Å². The summed E-state index contributed by atoms with van der Waals surface area (Å²) in [4.78, 5) is 24.0. The number of ether oxygens (including phenoxy) is 2. The Hall–Kier alpha value is -2.62. The maximum absolute atomic E-state index is 12.4. The number of para-hydroxylation sites is 1. The molecular weight excluding hydrogens is 280 g/mol. The van der Waals surface area contributed by atoms with Crippen molar-refractivity contribution in [2.45, 2.75) is 19.8 Å². The lowest BCUT2D eigenvalue weighted by Crippen LogP contribution is -2.09. The third-order valence-corrected chi connectivity index (χ3v) is 3.54. The van der Waals surface area contributed by atoms with Gasteiger partial charge < -0.3 is 9.47 Å². The lowest BCUT2D eigenvalue weighted by atomic mass is 10.0. The Morgan fingerprint density at radius 1 is 1.18 bits per heavy atom. The monoisotopic (exact) mass is 296 g/mol. The molecule has 112 valence electrons. The first-order valence-electron chi connectivity index (χ1n) is 7.25. The average Bonchev–Trinajstić information content (AvgIpc) is 2.64. The van der Waals surface area contributed by atoms with Gasteiger partial charge in [0.25, 0.3) is 0 Å². The van der Waals surface area contributed by atoms with E-state index in [4.69, 9.17) is 9.47 Å². The van der Waals surface area contributed by atoms with Crippen LogP contribution in [0.3, 0.4) is 0 Å². The first-order valence-corrected chi connectivity index (χ1v) is 7.25. The van der Waals surface area contributed by atoms with Crippen LogP contribution in [-0.4, -0.2) is 18.4 Å². The summed E-state index contributed by atoms with van der Waals surface area (Å²) in [6.45, 7) is 2.12. The number of carbonyl (C=O) groups is 2. The van der Waals surface area contributed by atoms with E-state index in [1.54, 1.807) is 25.1 Å². The van der Waals surface area contributed by atoms with Crippen LogP contribution in [0.25, 0.3) is 0 Å². The van der Waals surface area contributed by atoms with Crippen molar-refractivity contribution in [2.75, 3.05) is 6.61 Å². The van der Waals surface area contributed by atoms with Crippen LogP contribution in [0.2, 0.25) is 0 Å². The predicted molar refractivity (Wildman–Crippen MR) is 81.3 cm³/mol. The summed E-state index contributed by atoms with van der Waals surface area (Å²) in [5.41, 5.74) is 2.13. The molecule has 0 bridgehead atoms. The molecule has 0 spiro atoms. The molecule has 0 fully saturated rings. The van der Waals surface area contributed by atoms with E-state index >= 15 is 0 Å². The molecule has 2 aromatic carbocycles. The molecule has 2 aromatic rings. The molecule has 0 saturated carbocycles. The van der Waals surface area contributed by atoms with Crippen molar-refractivity contribution in [3.05, 3.63) is 59.2 Å². The SMILES string of the molecule is CCOC(=O)Cc1ccc2c(c1)C(=O)Cc1ccccc1O2. The van der Waals surface area contributed by atoms with E-state index in [-0.39, 0.29) is 18.2 Å². The smallest absolute Gasteiger partial charge is 0.310 e. The number of carbonyl (C=O) groups excluding carboxylic acids is 2. The third kappa shape index (κ3) is 2.86. The highest BCUT2D eigenvalue weighted by atomic mass is 16.5. The molecule has 0 radical (unpaired) electrons. The van der Waals surface area contributed by atoms with Gasteiger partial charge in [0.1, 0.15) is 11.5 Å². The van der Waals surface area contributed by atoms with Gasteiger partial charge in [0.2, 0.25) is 0 Å². The molecule has 4 heteroatoms. The molecule has 22 heavy (non-hydrogen) atoms. The second kappa shape index (κ2) is 6.02. The highest BCUT2D eigenvalue weighted by Crippen LogP contribution is 2.34. The number of ketones is 1. The zero-order valence-corrected chi connectivity index (χ0v) is 12.3. The first-order chi connectivity index (χ1) is 10.7. The fourth-order valence-electron chi connectivity index (χ4n) is 2.51. The van der Waals surface area contributed by atoms with Gasteiger partial charge in [0.15, 0.2) is 5.78 Å². The molecule has 0 aliphatic carbocycles. The molecule has 0 unspecified atom stereocenters. The van der Waals surface area contributed by atoms with Gasteiger partial charge in [-0.2, -0.15) is 0 Å². The van der Waals surface area contributed by atoms with E-state index in [0.29, 0.717) is 30.1 Å². The normalized spacial score (nSPS) is 12.7. The zero-order chi connectivity index (χ0) is 15.5. The Balaban J connectivity index is 1.92. The Bertz CT molecular complexity index is 734. The van der Waals surface area contributed by atoms with Gasteiger partial charge >= 0.3 is 5.97 Å². The number of rotatable bonds is 3. The van der Waals surface area contributed by atoms with Gasteiger partial charge in [-0.25, -0.2) is 0 Å². The number of hydrogen-bond donors (Lipinski definition) is 0. The summed E-state index contributed by atoms with van der Waals surface area (Å²) in [7, 11) is 0. The standard InChI is InChI=1S/C18H16O4/c1-2-21-18(20)10-12-7-8-17-14(9-12)15(19)11-13-5-3-4-6-16(13)22-17/h3-9H,2,10-11H2,1H3. The van der Waals surface area contributed by atoms with E-state index < -0.39 is 0 Å². The fourth-order valence-corrected chi connectivity index (χ4v) is 2.51. The van der Waals surface area contributed by atoms with Crippen molar-refractivity contribution in [3.63, 3.8) is 0 Å². The molecule has 0 saturated heterocycles. The number of fused-ring (bicyclic) bond motifs is 2. The Kier molecular flexibility index (Phi) is 3.92. The quantitative estimate of drug-likeness (QED) is 0.815. The Labute approximate surface area is 128 Å². The molecular formula is C18H16O4. The van der Waals surface area contributed by atoms with Crippen LogP contribution < -0.4 is 4.74 Å². The minimum absolute atomic E-state index is 0.00865. The molecule has 1 heterocycles. The van der Waals surface area contributed by atoms with Crippen LogP contribution in [-0.2, 0) is 22.4 Å². The maximum atomic E-state index is 12.4. The van der Waals surface area contributed by atoms with Crippen molar-refractivity contribution >= 4 is 11.8 Å². The van der Waals surface area contributed by atoms with E-state index in [2.05, 4.69) is 0 Å². The largest absolute Gasteiger partial charge is 0.466 e. The van der Waals surface area contributed by atoms with Gasteiger partial charge in [-0.15, -0.1) is 0 Å². The second-order valence-corrected chi connectivity index (χ2v) is 5.12. The molecule has 0 amide bonds. The van der Waals surface area contributed by atoms with E-state index in [0.717, 1.165) is 11.1 Å². The summed E-state index contributed by atoms with van der Waals surface area (Å²) in [5.74, 6) is 0.925. The molecule has 1 aliphatic heterocycles. The van der Waals surface area contributed by atoms with Crippen molar-refractivity contribution in [1.29, 1.82) is 0 Å². The van der Waals surface area contributed by atoms with Crippen molar-refractivity contribution in [1.82, 2.24) is 0 Å². The summed E-state index contributed by atoms with van der Waals surface area (Å²) in [6.07, 6.45) is 0.452. The Morgan fingerprint density at radius 3 is 2.82 bits per heavy atom. The van der Waals surface area contributed by atoms with Crippen LogP contribution >= 0.6 is 0 Å². The topological polar surface area (TPSA) is 52.6 Å². The maximum Gasteiger partial charge on any atom is 0.310 e. The molecule has 4 nitrogen and oxygen atoms in total. The van der Waals surface area contributed by atoms with E-state index in [9.17, 15) is 9.59 Å². The van der Waals surface area contributed by atoms with Gasteiger partial charge in [-0.1, -0.05) is 24.3 Å². The van der Waals surface area contributed by atoms with Crippen LogP contribution in [0.5, 0.6) is 11.5 Å². The summed E-state index contributed by atoms with van der Waals surface area (Å²) in [6, 6.07) is 12.8. The summed E-state index contributed by atoms with van der Waals surface area (Å²) < 4.78 is 10.8. The van der Waals surface area contributed by atoms with Crippen LogP contribution in [0.1, 0.15) is 28.4 Å². The van der Waals surface area contributed by atoms with Gasteiger partial charge in [-0.05, 0) is 30.7 Å². The lowest BCUT2D eigenvalue weighted by Gasteiger charge is -2.09. The average molecular weight is 296 g/mol. The van der Waals surface area contributed by atoms with Crippen LogP contribution in [0.4, 0.5) is 0 Å². The summed E-state index contributed by atoms with van der Waals surface area (Å²) >= 11 is 0. The zero-order valence-electron chi connectivity index (χ0n) is 12.3. The summed E-state index contributed by atoms with van der Waals surface area (Å²) in [5, 5.41) is 0. The molecule has 0 N–H and O–H groups in total. The Morgan fingerprint density at radius 2 is 2.00 bits per heavy atom. The number of hydrogen-bond acceptors (Lipinski definition) is 4. The molecule has 0 atom stereocenters. The fraction of sp³-hybridized carbons (Fsp3) is 0.222. The van der Waals surface area contributed by atoms with Crippen LogP contribution in [0.15, 0.2) is 42.5 Å². The number of Topliss-reactive ketones (excluding diaryl/α,β-unsaturated/α-hetero) is 1. The van der Waals surface area contributed by atoms with Crippen molar-refractivity contribution in [3.8, 4) is 11.5 Å². The second-order valence-electron chi connectivity index (χ2n) is 5.12. The first kappa shape index (κ1) is 14.3. The van der Waals surface area contributed by atoms with E-state index in [1.165, 1.54) is 0 Å². The molecule has 1 aliphatic rings. The third-order valence-electron chi connectivity index (χ3n) is 3.54. The predicted octanol–water partition coefficient (Wildman–Crippen LogP) is 3.32. The van der Waals surface area contributed by atoms with Crippen LogP contribution in [0, 0.1) is 0 Å². The molecule has 0 aromatic heterocycles. The minimum Gasteiger partial charge on any atom is -0.466 e. The van der Waals surface area contributed by atoms with Gasteiger partial charge in [0, 0.05) is 12.0 Å². The number of benzene rings is 2. The highest BCUT2D eigenvalue weighted by Gasteiger charge is 2.21. The van der Waals surface area contributed by atoms with Crippen molar-refractivity contribution < 1.29 is 19.1 Å². The lowest BCUT2D eigenvalue weighted by molar-refractivity contribution is -0.142. The molecule has 3 rings (SSSR count). The highest BCUT2D eigenvalue weighted by molar-refractivity contribution is 6.01. The van der Waals surface area contributed by atoms with Gasteiger partial charge in [-0.3, -0.25) is 9.59 Å². The van der Waals surface area contributed by atoms with Gasteiger partial charge in [0.05, 0.1) is 18.6 Å².